The summed E-state index contributed by atoms with van der Waals surface area (Å²) in [6.07, 6.45) is 11.6. The van der Waals surface area contributed by atoms with E-state index in [1.54, 1.807) is 12.7 Å². The lowest BCUT2D eigenvalue weighted by molar-refractivity contribution is -0.141. The van der Waals surface area contributed by atoms with Crippen LogP contribution < -0.4 is 0 Å². The molecule has 0 aromatic carbocycles. The molecule has 1 heterocycles. The summed E-state index contributed by atoms with van der Waals surface area (Å²) < 4.78 is 12.1. The summed E-state index contributed by atoms with van der Waals surface area (Å²) in [7, 11) is 1.80. The highest BCUT2D eigenvalue weighted by Crippen LogP contribution is 2.70. The molecule has 4 saturated carbocycles. The van der Waals surface area contributed by atoms with Gasteiger partial charge in [-0.1, -0.05) is 27.7 Å². The molecule has 1 aliphatic heterocycles. The van der Waals surface area contributed by atoms with Gasteiger partial charge in [0.2, 0.25) is 0 Å². The lowest BCUT2D eigenvalue weighted by atomic mass is 9.44. The summed E-state index contributed by atoms with van der Waals surface area (Å²) in [5.74, 6) is 6.28. The summed E-state index contributed by atoms with van der Waals surface area (Å²) in [6, 6.07) is 0. The largest absolute Gasteiger partial charge is 0.494 e. The molecule has 0 aromatic heterocycles. The number of rotatable bonds is 5. The van der Waals surface area contributed by atoms with Crippen LogP contribution in [0.1, 0.15) is 92.4 Å². The summed E-state index contributed by atoms with van der Waals surface area (Å²) in [5.41, 5.74) is 2.33. The Hall–Kier alpha value is -0.540. The maximum atomic E-state index is 10.8. The van der Waals surface area contributed by atoms with Crippen LogP contribution in [0.2, 0.25) is 0 Å². The molecule has 11 atom stereocenters. The minimum Gasteiger partial charge on any atom is -0.494 e. The first kappa shape index (κ1) is 23.2. The molecule has 0 amide bonds. The fourth-order valence-electron chi connectivity index (χ4n) is 9.83. The van der Waals surface area contributed by atoms with Crippen LogP contribution in [0.3, 0.4) is 0 Å². The standard InChI is InChI=1S/C29H48O3/c1-17(16-31-6)7-10-25-19(3)27-26(32-25)14-23-21-9-8-20-13-18(2)24(30)15-29(20,5)22(21)11-12-28(23,27)4/h17-18,20-24,26-27,30H,7-16H2,1-6H3. The molecule has 32 heavy (non-hydrogen) atoms. The second-order valence-electron chi connectivity index (χ2n) is 13.3. The van der Waals surface area contributed by atoms with Gasteiger partial charge in [-0.05, 0) is 110 Å². The van der Waals surface area contributed by atoms with Gasteiger partial charge in [-0.15, -0.1) is 0 Å². The number of hydrogen-bond acceptors (Lipinski definition) is 3. The minimum atomic E-state index is -0.0946. The highest BCUT2D eigenvalue weighted by atomic mass is 16.5. The molecular weight excluding hydrogens is 396 g/mol. The lowest BCUT2D eigenvalue weighted by Crippen LogP contribution is -2.55. The average Bonchev–Trinajstić information content (AvgIpc) is 3.21. The Morgan fingerprint density at radius 2 is 1.91 bits per heavy atom. The van der Waals surface area contributed by atoms with E-state index in [0.717, 1.165) is 49.5 Å². The Morgan fingerprint density at radius 1 is 1.12 bits per heavy atom. The third-order valence-electron chi connectivity index (χ3n) is 11.5. The van der Waals surface area contributed by atoms with Crippen LogP contribution in [-0.2, 0) is 9.47 Å². The van der Waals surface area contributed by atoms with Crippen LogP contribution in [0.5, 0.6) is 0 Å². The first-order valence-electron chi connectivity index (χ1n) is 13.7. The van der Waals surface area contributed by atoms with Crippen molar-refractivity contribution in [1.82, 2.24) is 0 Å². The number of hydrogen-bond donors (Lipinski definition) is 1. The average molecular weight is 445 g/mol. The van der Waals surface area contributed by atoms with E-state index in [4.69, 9.17) is 9.47 Å². The van der Waals surface area contributed by atoms with Crippen molar-refractivity contribution in [2.75, 3.05) is 13.7 Å². The van der Waals surface area contributed by atoms with Gasteiger partial charge in [0.1, 0.15) is 6.10 Å². The predicted molar refractivity (Wildman–Crippen MR) is 129 cm³/mol. The number of fused-ring (bicyclic) bond motifs is 7. The van der Waals surface area contributed by atoms with Crippen molar-refractivity contribution in [2.45, 2.75) is 105 Å². The third kappa shape index (κ3) is 3.43. The van der Waals surface area contributed by atoms with Gasteiger partial charge in [0.15, 0.2) is 0 Å². The number of aliphatic hydroxyl groups is 1. The van der Waals surface area contributed by atoms with Crippen LogP contribution in [0.25, 0.3) is 0 Å². The molecule has 0 aromatic rings. The van der Waals surface area contributed by atoms with Crippen LogP contribution in [0, 0.1) is 52.3 Å². The van der Waals surface area contributed by atoms with Crippen molar-refractivity contribution in [3.05, 3.63) is 11.3 Å². The fraction of sp³-hybridized carbons (Fsp3) is 0.931. The molecule has 5 rings (SSSR count). The molecule has 0 bridgehead atoms. The molecule has 182 valence electrons. The number of ether oxygens (including phenoxy) is 2. The van der Waals surface area contributed by atoms with E-state index in [2.05, 4.69) is 34.6 Å². The Kier molecular flexibility index (Phi) is 6.02. The van der Waals surface area contributed by atoms with Crippen molar-refractivity contribution in [3.63, 3.8) is 0 Å². The third-order valence-corrected chi connectivity index (χ3v) is 11.5. The minimum absolute atomic E-state index is 0.0946. The van der Waals surface area contributed by atoms with Gasteiger partial charge in [0, 0.05) is 26.1 Å². The van der Waals surface area contributed by atoms with Gasteiger partial charge >= 0.3 is 0 Å². The number of allylic oxidation sites excluding steroid dienone is 1. The zero-order valence-corrected chi connectivity index (χ0v) is 21.5. The Bertz CT molecular complexity index is 745. The van der Waals surface area contributed by atoms with E-state index in [9.17, 15) is 5.11 Å². The molecule has 1 N–H and O–H groups in total. The second kappa shape index (κ2) is 8.29. The molecule has 5 aliphatic rings. The number of aliphatic hydroxyl groups excluding tert-OH is 1. The molecule has 0 spiro atoms. The normalized spacial score (nSPS) is 50.8. The molecule has 0 saturated heterocycles. The maximum absolute atomic E-state index is 10.8. The first-order valence-corrected chi connectivity index (χ1v) is 13.7. The van der Waals surface area contributed by atoms with Gasteiger partial charge in [-0.2, -0.15) is 0 Å². The highest BCUT2D eigenvalue weighted by molar-refractivity contribution is 5.26. The summed E-state index contributed by atoms with van der Waals surface area (Å²) in [5, 5.41) is 10.8. The van der Waals surface area contributed by atoms with E-state index >= 15 is 0 Å². The van der Waals surface area contributed by atoms with Crippen LogP contribution in [0.15, 0.2) is 11.3 Å². The first-order chi connectivity index (χ1) is 15.2. The molecule has 11 unspecified atom stereocenters. The topological polar surface area (TPSA) is 38.7 Å². The summed E-state index contributed by atoms with van der Waals surface area (Å²) >= 11 is 0. The van der Waals surface area contributed by atoms with Crippen molar-refractivity contribution in [1.29, 1.82) is 0 Å². The van der Waals surface area contributed by atoms with E-state index < -0.39 is 0 Å². The molecule has 3 heteroatoms. The molecule has 3 nitrogen and oxygen atoms in total. The quantitative estimate of drug-likeness (QED) is 0.519. The molecule has 4 fully saturated rings. The zero-order valence-electron chi connectivity index (χ0n) is 21.5. The van der Waals surface area contributed by atoms with E-state index in [1.807, 2.05) is 0 Å². The van der Waals surface area contributed by atoms with Crippen molar-refractivity contribution in [2.24, 2.45) is 52.3 Å². The smallest absolute Gasteiger partial charge is 0.106 e. The monoisotopic (exact) mass is 444 g/mol. The molecular formula is C29H48O3. The van der Waals surface area contributed by atoms with Gasteiger partial charge in [-0.25, -0.2) is 0 Å². The van der Waals surface area contributed by atoms with E-state index in [-0.39, 0.29) is 6.10 Å². The fourth-order valence-corrected chi connectivity index (χ4v) is 9.83. The van der Waals surface area contributed by atoms with Crippen molar-refractivity contribution < 1.29 is 14.6 Å². The molecule has 4 aliphatic carbocycles. The Labute approximate surface area is 196 Å². The maximum Gasteiger partial charge on any atom is 0.106 e. The molecule has 0 radical (unpaired) electrons. The number of methoxy groups -OCH3 is 1. The predicted octanol–water partition coefficient (Wildman–Crippen LogP) is 6.60. The van der Waals surface area contributed by atoms with Gasteiger partial charge < -0.3 is 14.6 Å². The van der Waals surface area contributed by atoms with Crippen molar-refractivity contribution in [3.8, 4) is 0 Å². The van der Waals surface area contributed by atoms with Crippen molar-refractivity contribution >= 4 is 0 Å². The zero-order chi connectivity index (χ0) is 22.8. The summed E-state index contributed by atoms with van der Waals surface area (Å²) in [6.45, 7) is 13.0. The van der Waals surface area contributed by atoms with E-state index in [0.29, 0.717) is 34.7 Å². The van der Waals surface area contributed by atoms with Gasteiger partial charge in [0.25, 0.3) is 0 Å². The van der Waals surface area contributed by atoms with Gasteiger partial charge in [0.05, 0.1) is 11.9 Å². The van der Waals surface area contributed by atoms with E-state index in [1.165, 1.54) is 44.3 Å². The lowest BCUT2D eigenvalue weighted by Gasteiger charge is -2.61. The SMILES string of the molecule is COCC(C)CCC1=C(C)C2C(CC3C4CCC5CC(C)C(O)CC5(C)C4CCC32C)O1. The van der Waals surface area contributed by atoms with Crippen LogP contribution in [-0.4, -0.2) is 31.0 Å². The Morgan fingerprint density at radius 3 is 2.66 bits per heavy atom. The highest BCUT2D eigenvalue weighted by Gasteiger charge is 2.64. The summed E-state index contributed by atoms with van der Waals surface area (Å²) in [4.78, 5) is 0. The van der Waals surface area contributed by atoms with Crippen LogP contribution in [0.4, 0.5) is 0 Å². The Balaban J connectivity index is 1.34. The van der Waals surface area contributed by atoms with Gasteiger partial charge in [-0.3, -0.25) is 0 Å². The van der Waals surface area contributed by atoms with Crippen LogP contribution >= 0.6 is 0 Å². The second-order valence-corrected chi connectivity index (χ2v) is 13.3.